The van der Waals surface area contributed by atoms with E-state index in [0.29, 0.717) is 37.2 Å². The lowest BCUT2D eigenvalue weighted by atomic mass is 9.79. The number of carbonyl (C=O) groups is 3. The van der Waals surface area contributed by atoms with Crippen LogP contribution >= 0.6 is 0 Å². The number of piperazine rings is 1. The average molecular weight is 567 g/mol. The third-order valence-corrected chi connectivity index (χ3v) is 9.40. The number of rotatable bonds is 4. The molecule has 2 fully saturated rings. The van der Waals surface area contributed by atoms with Crippen LogP contribution in [0.5, 0.6) is 0 Å². The Hall–Kier alpha value is -4.12. The number of hydrogen-bond donors (Lipinski definition) is 3. The number of hydrogen-bond acceptors (Lipinski definition) is 5. The van der Waals surface area contributed by atoms with Crippen molar-refractivity contribution in [3.63, 3.8) is 0 Å². The molecule has 3 heterocycles. The number of carbonyl (C=O) groups excluding carboxylic acids is 3. The Morgan fingerprint density at radius 1 is 1.07 bits per heavy atom. The van der Waals surface area contributed by atoms with E-state index >= 15 is 0 Å². The molecule has 11 heteroatoms. The molecule has 7 rings (SSSR count). The number of halogens is 2. The fraction of sp³-hybridized carbons (Fsp3) is 0.355. The van der Waals surface area contributed by atoms with Gasteiger partial charge in [0.2, 0.25) is 17.7 Å². The molecule has 1 saturated heterocycles. The minimum absolute atomic E-state index is 0.0855. The zero-order valence-electron chi connectivity index (χ0n) is 22.8. The fourth-order valence-electron chi connectivity index (χ4n) is 7.24. The Balaban J connectivity index is 1.13. The number of anilines is 2. The van der Waals surface area contributed by atoms with Crippen LogP contribution in [0.4, 0.5) is 20.3 Å². The van der Waals surface area contributed by atoms with Crippen molar-refractivity contribution in [1.29, 1.82) is 0 Å². The second-order valence-corrected chi connectivity index (χ2v) is 11.8. The molecule has 2 aliphatic carbocycles. The number of fused-ring (bicyclic) bond motifs is 3. The van der Waals surface area contributed by atoms with E-state index in [-0.39, 0.29) is 30.5 Å². The molecule has 2 aliphatic heterocycles. The highest BCUT2D eigenvalue weighted by atomic mass is 19.1. The van der Waals surface area contributed by atoms with Gasteiger partial charge in [-0.15, -0.1) is 0 Å². The summed E-state index contributed by atoms with van der Waals surface area (Å²) in [5.74, 6) is -2.00. The first-order valence-electron chi connectivity index (χ1n) is 14.2. The summed E-state index contributed by atoms with van der Waals surface area (Å²) in [7, 11) is 5.48. The predicted molar refractivity (Wildman–Crippen MR) is 152 cm³/mol. The van der Waals surface area contributed by atoms with Crippen LogP contribution in [0.2, 0.25) is 0 Å². The predicted octanol–water partition coefficient (Wildman–Crippen LogP) is 2.57. The normalized spacial score (nSPS) is 23.8. The maximum absolute atomic E-state index is 14.4. The summed E-state index contributed by atoms with van der Waals surface area (Å²) < 4.78 is 28.8. The summed E-state index contributed by atoms with van der Waals surface area (Å²) in [6, 6.07) is 10.8. The molecule has 8 nitrogen and oxygen atoms in total. The first kappa shape index (κ1) is 26.8. The van der Waals surface area contributed by atoms with E-state index in [1.807, 2.05) is 24.3 Å². The van der Waals surface area contributed by atoms with Gasteiger partial charge in [0.05, 0.1) is 17.0 Å². The van der Waals surface area contributed by atoms with Gasteiger partial charge in [-0.3, -0.25) is 14.4 Å². The Morgan fingerprint density at radius 3 is 2.57 bits per heavy atom. The summed E-state index contributed by atoms with van der Waals surface area (Å²) in [6.07, 6.45) is 5.70. The molecule has 2 unspecified atom stereocenters. The summed E-state index contributed by atoms with van der Waals surface area (Å²) in [5, 5.41) is 9.12. The quantitative estimate of drug-likeness (QED) is 0.421. The van der Waals surface area contributed by atoms with Crippen molar-refractivity contribution in [1.82, 2.24) is 15.2 Å². The molecule has 4 aliphatic rings. The van der Waals surface area contributed by atoms with Crippen LogP contribution in [-0.2, 0) is 32.6 Å². The molecule has 1 saturated carbocycles. The summed E-state index contributed by atoms with van der Waals surface area (Å²) in [4.78, 5) is 46.0. The first-order chi connectivity index (χ1) is 20.2. The Morgan fingerprint density at radius 2 is 1.81 bits per heavy atom. The Labute approximate surface area is 242 Å². The van der Waals surface area contributed by atoms with Gasteiger partial charge in [-0.2, -0.15) is 0 Å². The SMILES string of the molecule is [B]c1c(F)cc(C2CNC3(CCCC3)C(=O)N2CC(=O)Nc2ccc3c(c2)CC2(C3)C(=O)Nc3ncccc32)cc1F. The molecule has 212 valence electrons. The molecule has 3 N–H and O–H groups in total. The second kappa shape index (κ2) is 9.73. The highest BCUT2D eigenvalue weighted by Crippen LogP contribution is 2.47. The van der Waals surface area contributed by atoms with E-state index in [0.717, 1.165) is 41.7 Å². The van der Waals surface area contributed by atoms with Crippen LogP contribution in [0.3, 0.4) is 0 Å². The van der Waals surface area contributed by atoms with Crippen molar-refractivity contribution in [3.8, 4) is 0 Å². The molecule has 2 spiro atoms. The number of benzene rings is 2. The summed E-state index contributed by atoms with van der Waals surface area (Å²) in [6.45, 7) is -0.0375. The number of nitrogens with one attached hydrogen (secondary N) is 3. The average Bonchev–Trinajstić information content (AvgIpc) is 3.67. The van der Waals surface area contributed by atoms with E-state index < -0.39 is 40.0 Å². The highest BCUT2D eigenvalue weighted by Gasteiger charge is 2.51. The molecular formula is C31H28BF2N5O3. The van der Waals surface area contributed by atoms with Crippen molar-refractivity contribution < 1.29 is 23.2 Å². The number of pyridine rings is 1. The van der Waals surface area contributed by atoms with E-state index in [4.69, 9.17) is 7.85 Å². The van der Waals surface area contributed by atoms with Crippen molar-refractivity contribution >= 4 is 42.5 Å². The van der Waals surface area contributed by atoms with Gasteiger partial charge in [0.15, 0.2) is 0 Å². The Bertz CT molecular complexity index is 1640. The van der Waals surface area contributed by atoms with Crippen LogP contribution in [0.1, 0.15) is 54.0 Å². The van der Waals surface area contributed by atoms with Crippen LogP contribution in [0.25, 0.3) is 0 Å². The molecule has 2 atom stereocenters. The van der Waals surface area contributed by atoms with Gasteiger partial charge in [0.1, 0.15) is 31.8 Å². The monoisotopic (exact) mass is 567 g/mol. The third kappa shape index (κ3) is 4.13. The zero-order valence-corrected chi connectivity index (χ0v) is 22.8. The summed E-state index contributed by atoms with van der Waals surface area (Å²) >= 11 is 0. The zero-order chi connectivity index (χ0) is 29.2. The maximum Gasteiger partial charge on any atom is 0.244 e. The minimum atomic E-state index is -0.909. The van der Waals surface area contributed by atoms with Gasteiger partial charge >= 0.3 is 0 Å². The molecule has 3 amide bonds. The second-order valence-electron chi connectivity index (χ2n) is 11.8. The molecule has 42 heavy (non-hydrogen) atoms. The van der Waals surface area contributed by atoms with E-state index in [1.54, 1.807) is 12.3 Å². The third-order valence-electron chi connectivity index (χ3n) is 9.40. The maximum atomic E-state index is 14.4. The van der Waals surface area contributed by atoms with E-state index in [9.17, 15) is 23.2 Å². The largest absolute Gasteiger partial charge is 0.325 e. The highest BCUT2D eigenvalue weighted by molar-refractivity contribution is 6.32. The molecule has 3 aromatic rings. The lowest BCUT2D eigenvalue weighted by Crippen LogP contribution is -2.64. The molecule has 2 radical (unpaired) electrons. The van der Waals surface area contributed by atoms with Crippen molar-refractivity contribution in [2.75, 3.05) is 23.7 Å². The topological polar surface area (TPSA) is 103 Å². The van der Waals surface area contributed by atoms with Crippen molar-refractivity contribution in [2.45, 2.75) is 55.5 Å². The number of nitrogens with zero attached hydrogens (tertiary/aromatic N) is 2. The van der Waals surface area contributed by atoms with Crippen LogP contribution in [-0.4, -0.2) is 54.1 Å². The van der Waals surface area contributed by atoms with Crippen molar-refractivity contribution in [3.05, 3.63) is 82.5 Å². The van der Waals surface area contributed by atoms with Gasteiger partial charge in [-0.25, -0.2) is 13.8 Å². The van der Waals surface area contributed by atoms with Gasteiger partial charge in [0, 0.05) is 24.0 Å². The smallest absolute Gasteiger partial charge is 0.244 e. The lowest BCUT2D eigenvalue weighted by Gasteiger charge is -2.45. The van der Waals surface area contributed by atoms with Crippen LogP contribution in [0, 0.1) is 11.6 Å². The molecule has 1 aromatic heterocycles. The van der Waals surface area contributed by atoms with Crippen molar-refractivity contribution in [2.24, 2.45) is 0 Å². The van der Waals surface area contributed by atoms with E-state index in [1.165, 1.54) is 4.90 Å². The molecule has 2 aromatic carbocycles. The van der Waals surface area contributed by atoms with Gasteiger partial charge in [-0.1, -0.05) is 25.0 Å². The minimum Gasteiger partial charge on any atom is -0.325 e. The standard InChI is InChI=1S/C31H28BF2N5O3/c32-26-22(33)11-18(12-23(26)34)24-15-36-31(7-1-2-8-31)29(42)39(24)16-25(40)37-20-6-5-17-13-30(14-19(17)10-20)21-4-3-9-35-27(21)38-28(30)41/h3-6,9-12,24,36H,1-2,7-8,13-16H2,(H,37,40)(H,35,38,41). The fourth-order valence-corrected chi connectivity index (χ4v) is 7.24. The summed E-state index contributed by atoms with van der Waals surface area (Å²) in [5.41, 5.74) is 1.52. The van der Waals surface area contributed by atoms with Crippen LogP contribution in [0.15, 0.2) is 48.7 Å². The molecule has 0 bridgehead atoms. The number of amides is 3. The number of aromatic nitrogens is 1. The van der Waals surface area contributed by atoms with Gasteiger partial charge < -0.3 is 20.9 Å². The van der Waals surface area contributed by atoms with Gasteiger partial charge in [0.25, 0.3) is 0 Å². The first-order valence-corrected chi connectivity index (χ1v) is 14.2. The van der Waals surface area contributed by atoms with E-state index in [2.05, 4.69) is 20.9 Å². The Kier molecular flexibility index (Phi) is 6.20. The lowest BCUT2D eigenvalue weighted by molar-refractivity contribution is -0.147. The van der Waals surface area contributed by atoms with Crippen LogP contribution < -0.4 is 21.4 Å². The van der Waals surface area contributed by atoms with Gasteiger partial charge in [-0.05, 0) is 78.2 Å². The molecular weight excluding hydrogens is 539 g/mol.